The first kappa shape index (κ1) is 25.3. The van der Waals surface area contributed by atoms with Gasteiger partial charge in [-0.3, -0.25) is 9.20 Å². The van der Waals surface area contributed by atoms with Crippen molar-refractivity contribution in [2.45, 2.75) is 25.8 Å². The van der Waals surface area contributed by atoms with E-state index in [1.807, 2.05) is 16.7 Å². The standard InChI is InChI=1S/C27H31FN8O3/c1-16-7-20(28)19(27(37)32-18-3-4-18)8-23(16)36-13-21(33-34-36)24-11-31-26-9-25(38-2)22(12-35(24)26)30-6-5-29-10-17-14-39-15-17/h7-9,11-13,17-18,29-30H,3-6,10,14-15H2,1-2H3,(H,32,37). The van der Waals surface area contributed by atoms with E-state index in [1.54, 1.807) is 31.1 Å². The molecule has 1 aromatic carbocycles. The largest absolute Gasteiger partial charge is 0.494 e. The number of nitrogens with one attached hydrogen (secondary N) is 3. The maximum absolute atomic E-state index is 14.6. The number of amides is 1. The lowest BCUT2D eigenvalue weighted by molar-refractivity contribution is -0.0304. The predicted octanol–water partition coefficient (Wildman–Crippen LogP) is 2.58. The number of ether oxygens (including phenoxy) is 2. The van der Waals surface area contributed by atoms with E-state index in [2.05, 4.69) is 31.2 Å². The third-order valence-electron chi connectivity index (χ3n) is 7.03. The van der Waals surface area contributed by atoms with Crippen molar-refractivity contribution in [2.24, 2.45) is 5.92 Å². The van der Waals surface area contributed by atoms with E-state index >= 15 is 0 Å². The molecule has 0 radical (unpaired) electrons. The molecule has 3 N–H and O–H groups in total. The predicted molar refractivity (Wildman–Crippen MR) is 143 cm³/mol. The summed E-state index contributed by atoms with van der Waals surface area (Å²) in [7, 11) is 1.63. The fourth-order valence-electron chi connectivity index (χ4n) is 4.56. The zero-order valence-corrected chi connectivity index (χ0v) is 21.9. The number of halogens is 1. The van der Waals surface area contributed by atoms with Gasteiger partial charge < -0.3 is 25.4 Å². The van der Waals surface area contributed by atoms with E-state index in [9.17, 15) is 9.18 Å². The SMILES string of the molecule is COc1cc2ncc(-c3cn(-c4cc(C(=O)NC5CC5)c(F)cc4C)nn3)n2cc1NCCNCC1COC1. The minimum absolute atomic E-state index is 0.00678. The first-order valence-corrected chi connectivity index (χ1v) is 13.1. The van der Waals surface area contributed by atoms with E-state index in [0.717, 1.165) is 57.1 Å². The van der Waals surface area contributed by atoms with Gasteiger partial charge >= 0.3 is 0 Å². The quantitative estimate of drug-likeness (QED) is 0.251. The van der Waals surface area contributed by atoms with E-state index in [1.165, 1.54) is 12.1 Å². The molecule has 1 aliphatic carbocycles. The number of carbonyl (C=O) groups is 1. The molecule has 0 unspecified atom stereocenters. The Bertz CT molecular complexity index is 1510. The molecule has 1 saturated carbocycles. The van der Waals surface area contributed by atoms with Crippen LogP contribution in [-0.4, -0.2) is 76.3 Å². The fraction of sp³-hybridized carbons (Fsp3) is 0.407. The number of benzene rings is 1. The molecule has 4 aromatic rings. The van der Waals surface area contributed by atoms with Crippen LogP contribution >= 0.6 is 0 Å². The molecular formula is C27H31FN8O3. The normalized spacial score (nSPS) is 15.4. The van der Waals surface area contributed by atoms with Crippen molar-refractivity contribution in [3.8, 4) is 22.8 Å². The molecule has 204 valence electrons. The molecule has 4 heterocycles. The van der Waals surface area contributed by atoms with Gasteiger partial charge in [-0.2, -0.15) is 0 Å². The Morgan fingerprint density at radius 3 is 2.79 bits per heavy atom. The fourth-order valence-corrected chi connectivity index (χ4v) is 4.56. The summed E-state index contributed by atoms with van der Waals surface area (Å²) in [5.41, 5.74) is 4.04. The molecule has 0 atom stereocenters. The lowest BCUT2D eigenvalue weighted by atomic mass is 10.1. The van der Waals surface area contributed by atoms with Gasteiger partial charge in [0.05, 0.1) is 55.3 Å². The second kappa shape index (κ2) is 10.6. The van der Waals surface area contributed by atoms with Gasteiger partial charge in [0.15, 0.2) is 0 Å². The highest BCUT2D eigenvalue weighted by Gasteiger charge is 2.26. The Kier molecular flexibility index (Phi) is 6.88. The summed E-state index contributed by atoms with van der Waals surface area (Å²) in [6.45, 7) is 5.90. The van der Waals surface area contributed by atoms with Crippen molar-refractivity contribution in [1.29, 1.82) is 0 Å². The molecule has 6 rings (SSSR count). The van der Waals surface area contributed by atoms with Crippen LogP contribution in [0.1, 0.15) is 28.8 Å². The second-order valence-corrected chi connectivity index (χ2v) is 10.1. The number of carbonyl (C=O) groups excluding carboxylic acids is 1. The van der Waals surface area contributed by atoms with Gasteiger partial charge in [-0.1, -0.05) is 5.21 Å². The molecule has 1 saturated heterocycles. The van der Waals surface area contributed by atoms with Crippen LogP contribution in [0.5, 0.6) is 5.75 Å². The van der Waals surface area contributed by atoms with Crippen LogP contribution in [0, 0.1) is 18.7 Å². The van der Waals surface area contributed by atoms with Gasteiger partial charge in [-0.15, -0.1) is 5.10 Å². The van der Waals surface area contributed by atoms with Crippen molar-refractivity contribution >= 4 is 17.2 Å². The van der Waals surface area contributed by atoms with Crippen LogP contribution in [-0.2, 0) is 4.74 Å². The summed E-state index contributed by atoms with van der Waals surface area (Å²) in [6, 6.07) is 4.87. The number of aryl methyl sites for hydroxylation is 1. The van der Waals surface area contributed by atoms with E-state index < -0.39 is 11.7 Å². The first-order chi connectivity index (χ1) is 19.0. The van der Waals surface area contributed by atoms with Crippen LogP contribution in [0.25, 0.3) is 22.7 Å². The number of imidazole rings is 1. The average Bonchev–Trinajstić information content (AvgIpc) is 3.41. The average molecular weight is 535 g/mol. The number of rotatable bonds is 11. The third kappa shape index (κ3) is 5.30. The number of fused-ring (bicyclic) bond motifs is 1. The van der Waals surface area contributed by atoms with E-state index in [4.69, 9.17) is 9.47 Å². The van der Waals surface area contributed by atoms with Crippen molar-refractivity contribution in [1.82, 2.24) is 35.0 Å². The Balaban J connectivity index is 1.23. The molecule has 39 heavy (non-hydrogen) atoms. The topological polar surface area (TPSA) is 120 Å². The minimum Gasteiger partial charge on any atom is -0.494 e. The molecule has 3 aromatic heterocycles. The highest BCUT2D eigenvalue weighted by molar-refractivity contribution is 5.95. The summed E-state index contributed by atoms with van der Waals surface area (Å²) >= 11 is 0. The Hall–Kier alpha value is -4.03. The monoisotopic (exact) mass is 534 g/mol. The minimum atomic E-state index is -0.558. The lowest BCUT2D eigenvalue weighted by Gasteiger charge is -2.26. The Morgan fingerprint density at radius 2 is 2.05 bits per heavy atom. The number of anilines is 1. The number of nitrogens with zero attached hydrogens (tertiary/aromatic N) is 5. The van der Waals surface area contributed by atoms with Crippen molar-refractivity contribution in [3.05, 3.63) is 53.7 Å². The van der Waals surface area contributed by atoms with Gasteiger partial charge in [0, 0.05) is 43.9 Å². The van der Waals surface area contributed by atoms with Gasteiger partial charge in [-0.25, -0.2) is 14.1 Å². The molecule has 0 bridgehead atoms. The highest BCUT2D eigenvalue weighted by Crippen LogP contribution is 2.29. The second-order valence-electron chi connectivity index (χ2n) is 10.1. The first-order valence-electron chi connectivity index (χ1n) is 13.1. The zero-order valence-electron chi connectivity index (χ0n) is 21.9. The van der Waals surface area contributed by atoms with Crippen molar-refractivity contribution < 1.29 is 18.7 Å². The van der Waals surface area contributed by atoms with Crippen molar-refractivity contribution in [2.75, 3.05) is 45.3 Å². The third-order valence-corrected chi connectivity index (χ3v) is 7.03. The van der Waals surface area contributed by atoms with Gasteiger partial charge in [-0.05, 0) is 37.5 Å². The lowest BCUT2D eigenvalue weighted by Crippen LogP contribution is -2.38. The highest BCUT2D eigenvalue weighted by atomic mass is 19.1. The number of hydrogen-bond acceptors (Lipinski definition) is 8. The van der Waals surface area contributed by atoms with Gasteiger partial charge in [0.25, 0.3) is 5.91 Å². The molecule has 2 aliphatic rings. The molecular weight excluding hydrogens is 503 g/mol. The Morgan fingerprint density at radius 1 is 1.21 bits per heavy atom. The van der Waals surface area contributed by atoms with Crippen LogP contribution in [0.15, 0.2) is 36.8 Å². The van der Waals surface area contributed by atoms with Crippen LogP contribution in [0.2, 0.25) is 0 Å². The summed E-state index contributed by atoms with van der Waals surface area (Å²) in [5.74, 6) is 0.315. The van der Waals surface area contributed by atoms with Crippen LogP contribution in [0.4, 0.5) is 10.1 Å². The summed E-state index contributed by atoms with van der Waals surface area (Å²) in [5, 5.41) is 18.4. The van der Waals surface area contributed by atoms with E-state index in [0.29, 0.717) is 34.3 Å². The summed E-state index contributed by atoms with van der Waals surface area (Å²) in [4.78, 5) is 17.1. The molecule has 1 amide bonds. The molecule has 11 nitrogen and oxygen atoms in total. The summed E-state index contributed by atoms with van der Waals surface area (Å²) < 4.78 is 28.9. The summed E-state index contributed by atoms with van der Waals surface area (Å²) in [6.07, 6.45) is 7.25. The maximum atomic E-state index is 14.6. The number of aromatic nitrogens is 5. The molecule has 1 aliphatic heterocycles. The van der Waals surface area contributed by atoms with Crippen LogP contribution in [0.3, 0.4) is 0 Å². The van der Waals surface area contributed by atoms with E-state index in [-0.39, 0.29) is 11.6 Å². The maximum Gasteiger partial charge on any atom is 0.254 e. The van der Waals surface area contributed by atoms with Crippen LogP contribution < -0.4 is 20.7 Å². The number of pyridine rings is 1. The van der Waals surface area contributed by atoms with Gasteiger partial charge in [0.2, 0.25) is 0 Å². The smallest absolute Gasteiger partial charge is 0.254 e. The van der Waals surface area contributed by atoms with Gasteiger partial charge in [0.1, 0.15) is 22.9 Å². The zero-order chi connectivity index (χ0) is 26.9. The molecule has 2 fully saturated rings. The Labute approximate surface area is 224 Å². The number of methoxy groups -OCH3 is 1. The molecule has 0 spiro atoms. The number of hydrogen-bond donors (Lipinski definition) is 3. The van der Waals surface area contributed by atoms with Crippen molar-refractivity contribution in [3.63, 3.8) is 0 Å². The molecule has 12 heteroatoms.